The van der Waals surface area contributed by atoms with Gasteiger partial charge < -0.3 is 10.2 Å². The van der Waals surface area contributed by atoms with E-state index in [0.717, 1.165) is 16.7 Å². The lowest BCUT2D eigenvalue weighted by molar-refractivity contribution is 0.0789. The smallest absolute Gasteiger partial charge is 0.265 e. The van der Waals surface area contributed by atoms with Gasteiger partial charge in [-0.05, 0) is 36.4 Å². The second kappa shape index (κ2) is 7.95. The topological polar surface area (TPSA) is 108 Å². The molecule has 0 unspecified atom stereocenters. The monoisotopic (exact) mass is 476 g/mol. The highest BCUT2D eigenvalue weighted by molar-refractivity contribution is 7.92. The molecular weight excluding hydrogens is 460 g/mol. The molecule has 11 heteroatoms. The normalized spacial score (nSPS) is 13.3. The summed E-state index contributed by atoms with van der Waals surface area (Å²) in [4.78, 5) is 32.7. The quantitative estimate of drug-likeness (QED) is 0.597. The average Bonchev–Trinajstić information content (AvgIpc) is 3.05. The highest BCUT2D eigenvalue weighted by Gasteiger charge is 2.27. The largest absolute Gasteiger partial charge is 0.336 e. The number of thiophene rings is 1. The molecule has 0 bridgehead atoms. The van der Waals surface area contributed by atoms with Crippen LogP contribution in [0.4, 0.5) is 11.4 Å². The lowest BCUT2D eigenvalue weighted by atomic mass is 10.1. The third-order valence-electron chi connectivity index (χ3n) is 4.51. The predicted octanol–water partition coefficient (Wildman–Crippen LogP) is 3.67. The number of amides is 2. The Hall–Kier alpha value is -2.95. The van der Waals surface area contributed by atoms with Gasteiger partial charge in [0.15, 0.2) is 0 Å². The lowest BCUT2D eigenvalue weighted by Crippen LogP contribution is -2.24. The van der Waals surface area contributed by atoms with Crippen LogP contribution in [0.2, 0.25) is 5.02 Å². The maximum atomic E-state index is 12.9. The van der Waals surface area contributed by atoms with Crippen molar-refractivity contribution in [1.82, 2.24) is 9.88 Å². The fourth-order valence-electron chi connectivity index (χ4n) is 3.27. The average molecular weight is 477 g/mol. The van der Waals surface area contributed by atoms with E-state index in [0.29, 0.717) is 28.4 Å². The van der Waals surface area contributed by atoms with Gasteiger partial charge >= 0.3 is 0 Å². The number of fused-ring (bicyclic) bond motifs is 3. The number of carbonyl (C=O) groups is 2. The molecule has 0 radical (unpaired) electrons. The highest BCUT2D eigenvalue weighted by atomic mass is 35.5. The van der Waals surface area contributed by atoms with Crippen molar-refractivity contribution in [1.29, 1.82) is 0 Å². The predicted molar refractivity (Wildman–Crippen MR) is 121 cm³/mol. The van der Waals surface area contributed by atoms with Gasteiger partial charge in [0, 0.05) is 34.4 Å². The van der Waals surface area contributed by atoms with Crippen molar-refractivity contribution < 1.29 is 18.0 Å². The van der Waals surface area contributed by atoms with Gasteiger partial charge in [0.05, 0.1) is 34.6 Å². The lowest BCUT2D eigenvalue weighted by Gasteiger charge is -2.14. The summed E-state index contributed by atoms with van der Waals surface area (Å²) in [6.45, 7) is 0.363. The number of hydrogen-bond acceptors (Lipinski definition) is 6. The summed E-state index contributed by atoms with van der Waals surface area (Å²) in [5.41, 5.74) is 2.36. The Balaban J connectivity index is 1.66. The fourth-order valence-corrected chi connectivity index (χ4v) is 5.16. The molecule has 2 amide bonds. The third kappa shape index (κ3) is 4.55. The first-order chi connectivity index (χ1) is 14.6. The molecule has 1 aliphatic heterocycles. The first-order valence-electron chi connectivity index (χ1n) is 9.04. The Labute approximate surface area is 187 Å². The van der Waals surface area contributed by atoms with Gasteiger partial charge in [-0.1, -0.05) is 11.6 Å². The number of nitrogens with zero attached hydrogens (tertiary/aromatic N) is 2. The van der Waals surface area contributed by atoms with Gasteiger partial charge in [0.25, 0.3) is 11.8 Å². The summed E-state index contributed by atoms with van der Waals surface area (Å²) >= 11 is 7.34. The summed E-state index contributed by atoms with van der Waals surface area (Å²) in [7, 11) is -1.79. The van der Waals surface area contributed by atoms with E-state index < -0.39 is 10.0 Å². The number of halogens is 1. The van der Waals surface area contributed by atoms with E-state index in [1.54, 1.807) is 36.3 Å². The first kappa shape index (κ1) is 21.3. The molecule has 2 N–H and O–H groups in total. The number of benzene rings is 1. The van der Waals surface area contributed by atoms with Gasteiger partial charge in [-0.3, -0.25) is 19.3 Å². The van der Waals surface area contributed by atoms with Crippen molar-refractivity contribution in [3.05, 3.63) is 62.9 Å². The molecule has 3 heterocycles. The van der Waals surface area contributed by atoms with E-state index in [9.17, 15) is 18.0 Å². The molecule has 0 spiro atoms. The molecule has 31 heavy (non-hydrogen) atoms. The number of anilines is 2. The second-order valence-corrected chi connectivity index (χ2v) is 10.4. The Bertz CT molecular complexity index is 1320. The Morgan fingerprint density at radius 2 is 1.94 bits per heavy atom. The first-order valence-corrected chi connectivity index (χ1v) is 12.1. The van der Waals surface area contributed by atoms with Crippen LogP contribution in [0.25, 0.3) is 11.3 Å². The van der Waals surface area contributed by atoms with Crippen LogP contribution in [0.5, 0.6) is 0 Å². The second-order valence-electron chi connectivity index (χ2n) is 7.07. The van der Waals surface area contributed by atoms with E-state index in [4.69, 9.17) is 11.6 Å². The van der Waals surface area contributed by atoms with Crippen LogP contribution < -0.4 is 10.0 Å². The Morgan fingerprint density at radius 3 is 2.68 bits per heavy atom. The minimum absolute atomic E-state index is 0.123. The number of rotatable bonds is 4. The van der Waals surface area contributed by atoms with E-state index in [2.05, 4.69) is 15.0 Å². The van der Waals surface area contributed by atoms with Crippen LogP contribution in [0.15, 0.2) is 42.6 Å². The zero-order valence-electron chi connectivity index (χ0n) is 16.5. The van der Waals surface area contributed by atoms with Crippen LogP contribution in [0.3, 0.4) is 0 Å². The van der Waals surface area contributed by atoms with Crippen LogP contribution >= 0.6 is 22.9 Å². The van der Waals surface area contributed by atoms with E-state index in [-0.39, 0.29) is 22.5 Å². The maximum Gasteiger partial charge on any atom is 0.265 e. The SMILES string of the molecule is CN1Cc2sc(C(=O)Nc3cc(Cl)cc(NS(C)(=O)=O)c3)cc2-c2ncccc2C1=O. The number of aromatic nitrogens is 1. The van der Waals surface area contributed by atoms with Gasteiger partial charge in [-0.15, -0.1) is 11.3 Å². The highest BCUT2D eigenvalue weighted by Crippen LogP contribution is 2.36. The Morgan fingerprint density at radius 1 is 1.19 bits per heavy atom. The van der Waals surface area contributed by atoms with Crippen molar-refractivity contribution in [2.45, 2.75) is 6.54 Å². The van der Waals surface area contributed by atoms with Crippen molar-refractivity contribution in [2.24, 2.45) is 0 Å². The number of sulfonamides is 1. The van der Waals surface area contributed by atoms with Gasteiger partial charge in [0.2, 0.25) is 10.0 Å². The van der Waals surface area contributed by atoms with Gasteiger partial charge in [-0.2, -0.15) is 0 Å². The summed E-state index contributed by atoms with van der Waals surface area (Å²) in [5.74, 6) is -0.501. The zero-order chi connectivity index (χ0) is 22.3. The summed E-state index contributed by atoms with van der Waals surface area (Å²) in [6, 6.07) is 9.59. The summed E-state index contributed by atoms with van der Waals surface area (Å²) in [5, 5.41) is 3.01. The molecule has 0 atom stereocenters. The maximum absolute atomic E-state index is 12.9. The minimum Gasteiger partial charge on any atom is -0.336 e. The van der Waals surface area contributed by atoms with E-state index in [1.807, 2.05) is 0 Å². The van der Waals surface area contributed by atoms with Gasteiger partial charge in [0.1, 0.15) is 0 Å². The van der Waals surface area contributed by atoms with E-state index >= 15 is 0 Å². The molecule has 160 valence electrons. The molecule has 0 aliphatic carbocycles. The summed E-state index contributed by atoms with van der Waals surface area (Å²) in [6.07, 6.45) is 2.64. The molecule has 0 saturated heterocycles. The van der Waals surface area contributed by atoms with Crippen molar-refractivity contribution >= 4 is 56.2 Å². The van der Waals surface area contributed by atoms with Crippen LogP contribution in [-0.4, -0.2) is 43.4 Å². The van der Waals surface area contributed by atoms with Crippen LogP contribution in [0.1, 0.15) is 24.9 Å². The fraction of sp³-hybridized carbons (Fsp3) is 0.150. The summed E-state index contributed by atoms with van der Waals surface area (Å²) < 4.78 is 25.3. The van der Waals surface area contributed by atoms with Gasteiger partial charge in [-0.25, -0.2) is 8.42 Å². The molecule has 8 nitrogen and oxygen atoms in total. The zero-order valence-corrected chi connectivity index (χ0v) is 18.9. The number of carbonyl (C=O) groups excluding carboxylic acids is 2. The van der Waals surface area contributed by atoms with Crippen molar-refractivity contribution in [3.8, 4) is 11.3 Å². The van der Waals surface area contributed by atoms with Crippen LogP contribution in [0, 0.1) is 0 Å². The molecule has 3 aromatic rings. The van der Waals surface area contributed by atoms with Crippen molar-refractivity contribution in [2.75, 3.05) is 23.3 Å². The van der Waals surface area contributed by atoms with E-state index in [1.165, 1.54) is 29.5 Å². The molecule has 0 fully saturated rings. The van der Waals surface area contributed by atoms with Crippen LogP contribution in [-0.2, 0) is 16.6 Å². The number of pyridine rings is 1. The standard InChI is InChI=1S/C20H17ClN4O4S2/c1-25-10-17-15(18-14(20(25)27)4-3-5-22-18)9-16(30-17)19(26)23-12-6-11(21)7-13(8-12)24-31(2,28)29/h3-9,24H,10H2,1-2H3,(H,23,26). The molecule has 1 aromatic carbocycles. The minimum atomic E-state index is -3.49. The molecule has 0 saturated carbocycles. The van der Waals surface area contributed by atoms with Crippen molar-refractivity contribution in [3.63, 3.8) is 0 Å². The molecule has 1 aliphatic rings. The Kier molecular flexibility index (Phi) is 5.46. The number of hydrogen-bond donors (Lipinski definition) is 2. The number of nitrogens with one attached hydrogen (secondary N) is 2. The third-order valence-corrected chi connectivity index (χ3v) is 6.46. The molecule has 4 rings (SSSR count). The molecular formula is C20H17ClN4O4S2. The molecule has 2 aromatic heterocycles.